The highest BCUT2D eigenvalue weighted by Crippen LogP contribution is 2.29. The Morgan fingerprint density at radius 3 is 1.19 bits per heavy atom. The lowest BCUT2D eigenvalue weighted by molar-refractivity contribution is 1.37. The van der Waals surface area contributed by atoms with E-state index in [2.05, 4.69) is 188 Å². The van der Waals surface area contributed by atoms with Crippen LogP contribution in [0.3, 0.4) is 0 Å². The summed E-state index contributed by atoms with van der Waals surface area (Å²) in [5.41, 5.74) is 12.2. The average Bonchev–Trinajstić information content (AvgIpc) is 2.99. The molecule has 208 valence electrons. The quantitative estimate of drug-likeness (QED) is 0.186. The van der Waals surface area contributed by atoms with Gasteiger partial charge in [-0.3, -0.25) is 0 Å². The second-order valence-corrected chi connectivity index (χ2v) is 12.9. The molecule has 6 rings (SSSR count). The molecule has 0 radical (unpaired) electrons. The van der Waals surface area contributed by atoms with Crippen molar-refractivity contribution in [2.75, 3.05) is 5.32 Å². The minimum absolute atomic E-state index is 1.07. The van der Waals surface area contributed by atoms with Gasteiger partial charge >= 0.3 is 0 Å². The zero-order chi connectivity index (χ0) is 29.5. The Morgan fingerprint density at radius 2 is 0.786 bits per heavy atom. The molecule has 0 bridgehead atoms. The number of hydrogen-bond acceptors (Lipinski definition) is 1. The van der Waals surface area contributed by atoms with Crippen molar-refractivity contribution in [2.45, 2.75) is 13.8 Å². The molecule has 0 saturated carbocycles. The number of nitrogens with one attached hydrogen (secondary N) is 1. The van der Waals surface area contributed by atoms with Crippen molar-refractivity contribution in [1.29, 1.82) is 0 Å². The predicted molar refractivity (Wildman–Crippen MR) is 191 cm³/mol. The first kappa shape index (κ1) is 30.0. The van der Waals surface area contributed by atoms with Crippen molar-refractivity contribution in [2.24, 2.45) is 0 Å². The van der Waals surface area contributed by atoms with Crippen molar-refractivity contribution in [1.82, 2.24) is 0 Å². The summed E-state index contributed by atoms with van der Waals surface area (Å²) in [5.74, 6) is 0. The Morgan fingerprint density at radius 1 is 0.405 bits per heavy atom. The first-order valence-electron chi connectivity index (χ1n) is 13.7. The summed E-state index contributed by atoms with van der Waals surface area (Å²) in [5, 5.41) is 3.53. The standard InChI is InChI=1S/C32H27N.C6H3Br3/c1-23-8-21-32(24(2)22-23)33-31-19-17-30(18-20-31)29-15-13-28(14-16-29)27-11-9-26(10-12-27)25-6-4-3-5-7-25;7-4-1-5(8)3-6(9)2-4/h3-22,33H,1-2H3;1-3H. The van der Waals surface area contributed by atoms with Crippen molar-refractivity contribution >= 4 is 59.2 Å². The normalized spacial score (nSPS) is 10.5. The van der Waals surface area contributed by atoms with Gasteiger partial charge in [0.1, 0.15) is 0 Å². The average molecular weight is 740 g/mol. The minimum atomic E-state index is 1.07. The van der Waals surface area contributed by atoms with Crippen LogP contribution in [0.4, 0.5) is 11.4 Å². The van der Waals surface area contributed by atoms with Gasteiger partial charge in [-0.25, -0.2) is 0 Å². The van der Waals surface area contributed by atoms with Gasteiger partial charge in [0, 0.05) is 24.8 Å². The van der Waals surface area contributed by atoms with Gasteiger partial charge in [-0.15, -0.1) is 0 Å². The molecule has 0 aliphatic carbocycles. The van der Waals surface area contributed by atoms with Gasteiger partial charge in [-0.2, -0.15) is 0 Å². The number of aryl methyl sites for hydroxylation is 2. The molecule has 0 amide bonds. The first-order valence-corrected chi connectivity index (χ1v) is 16.0. The van der Waals surface area contributed by atoms with Gasteiger partial charge in [0.15, 0.2) is 0 Å². The van der Waals surface area contributed by atoms with Crippen LogP contribution in [0.5, 0.6) is 0 Å². The van der Waals surface area contributed by atoms with E-state index < -0.39 is 0 Å². The lowest BCUT2D eigenvalue weighted by Gasteiger charge is -2.11. The monoisotopic (exact) mass is 737 g/mol. The first-order chi connectivity index (χ1) is 20.3. The fourth-order valence-corrected chi connectivity index (χ4v) is 7.12. The fraction of sp³-hybridized carbons (Fsp3) is 0.0526. The highest BCUT2D eigenvalue weighted by atomic mass is 79.9. The molecule has 0 spiro atoms. The predicted octanol–water partition coefficient (Wildman–Crippen LogP) is 13.0. The van der Waals surface area contributed by atoms with Gasteiger partial charge in [0.2, 0.25) is 0 Å². The van der Waals surface area contributed by atoms with E-state index in [1.165, 1.54) is 44.5 Å². The van der Waals surface area contributed by atoms with Crippen LogP contribution in [0, 0.1) is 13.8 Å². The van der Waals surface area contributed by atoms with Crippen molar-refractivity contribution in [3.8, 4) is 33.4 Å². The van der Waals surface area contributed by atoms with Crippen molar-refractivity contribution in [3.63, 3.8) is 0 Å². The van der Waals surface area contributed by atoms with Crippen LogP contribution in [0.1, 0.15) is 11.1 Å². The van der Waals surface area contributed by atoms with Crippen LogP contribution in [-0.4, -0.2) is 0 Å². The molecule has 0 aliphatic heterocycles. The Hall–Kier alpha value is -3.44. The van der Waals surface area contributed by atoms with Crippen LogP contribution >= 0.6 is 47.8 Å². The maximum atomic E-state index is 3.53. The number of benzene rings is 6. The molecule has 1 nitrogen and oxygen atoms in total. The van der Waals surface area contributed by atoms with Crippen molar-refractivity contribution < 1.29 is 0 Å². The SMILES string of the molecule is Brc1cc(Br)cc(Br)c1.Cc1ccc(Nc2ccc(-c3ccc(-c4ccc(-c5ccccc5)cc4)cc3)cc2)c(C)c1. The second kappa shape index (κ2) is 14.2. The molecule has 0 saturated heterocycles. The summed E-state index contributed by atoms with van der Waals surface area (Å²) >= 11 is 10.1. The second-order valence-electron chi connectivity index (χ2n) is 10.1. The smallest absolute Gasteiger partial charge is 0.0414 e. The van der Waals surface area contributed by atoms with E-state index in [0.717, 1.165) is 24.8 Å². The molecule has 0 aromatic heterocycles. The minimum Gasteiger partial charge on any atom is -0.355 e. The fourth-order valence-electron chi connectivity index (χ4n) is 4.72. The maximum absolute atomic E-state index is 3.53. The molecule has 0 unspecified atom stereocenters. The molecular formula is C38H30Br3N. The third-order valence-electron chi connectivity index (χ3n) is 6.92. The molecule has 4 heteroatoms. The Balaban J connectivity index is 0.000000336. The van der Waals surface area contributed by atoms with Crippen LogP contribution in [0.2, 0.25) is 0 Å². The molecule has 6 aromatic carbocycles. The molecule has 6 aromatic rings. The number of hydrogen-bond donors (Lipinski definition) is 1. The zero-order valence-electron chi connectivity index (χ0n) is 23.4. The van der Waals surface area contributed by atoms with E-state index in [9.17, 15) is 0 Å². The number of anilines is 2. The van der Waals surface area contributed by atoms with E-state index in [0.29, 0.717) is 0 Å². The molecular weight excluding hydrogens is 710 g/mol. The zero-order valence-corrected chi connectivity index (χ0v) is 28.2. The molecule has 1 N–H and O–H groups in total. The van der Waals surface area contributed by atoms with Crippen molar-refractivity contribution in [3.05, 3.63) is 164 Å². The van der Waals surface area contributed by atoms with Crippen LogP contribution < -0.4 is 5.32 Å². The molecule has 0 aliphatic rings. The highest BCUT2D eigenvalue weighted by Gasteiger charge is 2.04. The van der Waals surface area contributed by atoms with E-state index in [1.54, 1.807) is 0 Å². The molecule has 0 heterocycles. The lowest BCUT2D eigenvalue weighted by atomic mass is 9.98. The summed E-state index contributed by atoms with van der Waals surface area (Å²) in [6.07, 6.45) is 0. The third-order valence-corrected chi connectivity index (χ3v) is 8.29. The lowest BCUT2D eigenvalue weighted by Crippen LogP contribution is -1.93. The van der Waals surface area contributed by atoms with E-state index in [4.69, 9.17) is 0 Å². The Bertz CT molecular complexity index is 1710. The highest BCUT2D eigenvalue weighted by molar-refractivity contribution is 9.11. The van der Waals surface area contributed by atoms with Gasteiger partial charge in [-0.1, -0.05) is 156 Å². The van der Waals surface area contributed by atoms with Crippen LogP contribution in [-0.2, 0) is 0 Å². The number of rotatable bonds is 5. The van der Waals surface area contributed by atoms with Gasteiger partial charge in [0.05, 0.1) is 0 Å². The molecule has 0 fully saturated rings. The van der Waals surface area contributed by atoms with Crippen LogP contribution in [0.25, 0.3) is 33.4 Å². The summed E-state index contributed by atoms with van der Waals surface area (Å²) in [6.45, 7) is 4.26. The Kier molecular flexibility index (Phi) is 10.1. The summed E-state index contributed by atoms with van der Waals surface area (Å²) in [7, 11) is 0. The molecule has 0 atom stereocenters. The number of halogens is 3. The van der Waals surface area contributed by atoms with E-state index >= 15 is 0 Å². The Labute approximate surface area is 274 Å². The summed E-state index contributed by atoms with van der Waals surface area (Å²) in [6, 6.07) is 49.2. The van der Waals surface area contributed by atoms with E-state index in [1.807, 2.05) is 18.2 Å². The van der Waals surface area contributed by atoms with E-state index in [-0.39, 0.29) is 0 Å². The topological polar surface area (TPSA) is 12.0 Å². The largest absolute Gasteiger partial charge is 0.355 e. The van der Waals surface area contributed by atoms with Gasteiger partial charge in [-0.05, 0) is 89.2 Å². The summed E-state index contributed by atoms with van der Waals surface area (Å²) in [4.78, 5) is 0. The van der Waals surface area contributed by atoms with Gasteiger partial charge in [0.25, 0.3) is 0 Å². The molecule has 42 heavy (non-hydrogen) atoms. The third kappa shape index (κ3) is 8.10. The van der Waals surface area contributed by atoms with Crippen LogP contribution in [0.15, 0.2) is 153 Å². The maximum Gasteiger partial charge on any atom is 0.0414 e. The summed E-state index contributed by atoms with van der Waals surface area (Å²) < 4.78 is 3.22. The van der Waals surface area contributed by atoms with Gasteiger partial charge < -0.3 is 5.32 Å².